The molecule has 2 heteroatoms. The van der Waals surface area contributed by atoms with Crippen molar-refractivity contribution >= 4 is 33.9 Å². The fourth-order valence-corrected chi connectivity index (χ4v) is 3.36. The van der Waals surface area contributed by atoms with Crippen molar-refractivity contribution in [3.8, 4) is 0 Å². The molecule has 0 unspecified atom stereocenters. The van der Waals surface area contributed by atoms with Crippen LogP contribution >= 0.6 is 33.9 Å². The van der Waals surface area contributed by atoms with Crippen LogP contribution in [0, 0.1) is 2.88 Å². The number of rotatable bonds is 0. The molecule has 0 fully saturated rings. The van der Waals surface area contributed by atoms with Crippen LogP contribution in [-0.4, -0.2) is 0 Å². The zero-order valence-electron chi connectivity index (χ0n) is 5.69. The lowest BCUT2D eigenvalue weighted by atomic mass is 9.96. The predicted molar refractivity (Wildman–Crippen MR) is 53.7 cm³/mol. The standard InChI is InChI=1S/C8H9IS/c9-8-7-4-2-1-3-6(7)5-10-8/h5H,1-4H2. The quantitative estimate of drug-likeness (QED) is 0.631. The van der Waals surface area contributed by atoms with Crippen molar-refractivity contribution in [3.05, 3.63) is 19.4 Å². The Kier molecular flexibility index (Phi) is 2.00. The molecule has 0 nitrogen and oxygen atoms in total. The molecular formula is C8H9IS. The monoisotopic (exact) mass is 264 g/mol. The molecule has 0 atom stereocenters. The van der Waals surface area contributed by atoms with Crippen LogP contribution in [0.4, 0.5) is 0 Å². The van der Waals surface area contributed by atoms with E-state index in [-0.39, 0.29) is 0 Å². The van der Waals surface area contributed by atoms with Crippen molar-refractivity contribution in [2.45, 2.75) is 25.7 Å². The molecule has 1 aliphatic rings. The molecule has 0 spiro atoms. The van der Waals surface area contributed by atoms with Crippen LogP contribution in [0.1, 0.15) is 24.0 Å². The van der Waals surface area contributed by atoms with E-state index in [4.69, 9.17) is 0 Å². The zero-order chi connectivity index (χ0) is 6.97. The molecule has 0 saturated carbocycles. The lowest BCUT2D eigenvalue weighted by Gasteiger charge is -2.10. The minimum absolute atomic E-state index is 1.33. The van der Waals surface area contributed by atoms with Gasteiger partial charge in [0.25, 0.3) is 0 Å². The first kappa shape index (κ1) is 7.10. The van der Waals surface area contributed by atoms with Gasteiger partial charge in [-0.15, -0.1) is 11.3 Å². The van der Waals surface area contributed by atoms with Gasteiger partial charge in [-0.05, 0) is 64.8 Å². The van der Waals surface area contributed by atoms with Crippen molar-refractivity contribution in [2.24, 2.45) is 0 Å². The van der Waals surface area contributed by atoms with Crippen LogP contribution in [0.25, 0.3) is 0 Å². The Bertz CT molecular complexity index is 239. The van der Waals surface area contributed by atoms with Crippen molar-refractivity contribution in [2.75, 3.05) is 0 Å². The molecule has 1 heterocycles. The second-order valence-electron chi connectivity index (χ2n) is 2.72. The van der Waals surface area contributed by atoms with E-state index < -0.39 is 0 Å². The lowest BCUT2D eigenvalue weighted by Crippen LogP contribution is -1.99. The molecule has 54 valence electrons. The third kappa shape index (κ3) is 1.11. The molecule has 0 radical (unpaired) electrons. The molecule has 0 aromatic carbocycles. The summed E-state index contributed by atoms with van der Waals surface area (Å²) in [4.78, 5) is 0. The van der Waals surface area contributed by atoms with Gasteiger partial charge in [-0.3, -0.25) is 0 Å². The van der Waals surface area contributed by atoms with Gasteiger partial charge in [0.1, 0.15) is 0 Å². The summed E-state index contributed by atoms with van der Waals surface area (Å²) < 4.78 is 1.52. The maximum atomic E-state index is 2.46. The fraction of sp³-hybridized carbons (Fsp3) is 0.500. The summed E-state index contributed by atoms with van der Waals surface area (Å²) in [6.07, 6.45) is 5.46. The summed E-state index contributed by atoms with van der Waals surface area (Å²) in [6.45, 7) is 0. The van der Waals surface area contributed by atoms with Crippen molar-refractivity contribution < 1.29 is 0 Å². The molecule has 0 amide bonds. The molecule has 1 aromatic heterocycles. The summed E-state index contributed by atoms with van der Waals surface area (Å²) in [5.74, 6) is 0. The molecule has 2 rings (SSSR count). The average molecular weight is 264 g/mol. The number of fused-ring (bicyclic) bond motifs is 1. The van der Waals surface area contributed by atoms with Crippen LogP contribution < -0.4 is 0 Å². The highest BCUT2D eigenvalue weighted by Gasteiger charge is 2.12. The van der Waals surface area contributed by atoms with Gasteiger partial charge in [-0.25, -0.2) is 0 Å². The highest BCUT2D eigenvalue weighted by atomic mass is 127. The van der Waals surface area contributed by atoms with Gasteiger partial charge >= 0.3 is 0 Å². The first-order chi connectivity index (χ1) is 4.88. The van der Waals surface area contributed by atoms with Gasteiger partial charge in [0.05, 0.1) is 2.88 Å². The van der Waals surface area contributed by atoms with Crippen LogP contribution in [0.5, 0.6) is 0 Å². The Balaban J connectivity index is 2.45. The maximum absolute atomic E-state index is 2.46. The van der Waals surface area contributed by atoms with Crippen LogP contribution in [0.15, 0.2) is 5.38 Å². The van der Waals surface area contributed by atoms with Crippen molar-refractivity contribution in [1.29, 1.82) is 0 Å². The zero-order valence-corrected chi connectivity index (χ0v) is 8.67. The number of thiophene rings is 1. The highest BCUT2D eigenvalue weighted by Crippen LogP contribution is 2.30. The third-order valence-corrected chi connectivity index (χ3v) is 4.32. The predicted octanol–water partition coefficient (Wildman–Crippen LogP) is 3.23. The number of hydrogen-bond donors (Lipinski definition) is 0. The Morgan fingerprint density at radius 3 is 2.90 bits per heavy atom. The van der Waals surface area contributed by atoms with Gasteiger partial charge < -0.3 is 0 Å². The minimum atomic E-state index is 1.33. The van der Waals surface area contributed by atoms with Crippen LogP contribution in [0.2, 0.25) is 0 Å². The highest BCUT2D eigenvalue weighted by molar-refractivity contribution is 14.1. The average Bonchev–Trinajstić information content (AvgIpc) is 2.34. The van der Waals surface area contributed by atoms with E-state index in [0.717, 1.165) is 0 Å². The normalized spacial score (nSPS) is 16.9. The van der Waals surface area contributed by atoms with E-state index in [0.29, 0.717) is 0 Å². The van der Waals surface area contributed by atoms with Crippen LogP contribution in [-0.2, 0) is 12.8 Å². The molecule has 0 bridgehead atoms. The molecule has 0 aliphatic heterocycles. The second kappa shape index (κ2) is 2.81. The molecule has 0 saturated heterocycles. The molecule has 0 N–H and O–H groups in total. The summed E-state index contributed by atoms with van der Waals surface area (Å²) >= 11 is 4.36. The summed E-state index contributed by atoms with van der Waals surface area (Å²) in [6, 6.07) is 0. The van der Waals surface area contributed by atoms with E-state index in [2.05, 4.69) is 28.0 Å². The SMILES string of the molecule is Ic1scc2c1CCCC2. The first-order valence-electron chi connectivity index (χ1n) is 3.62. The number of hydrogen-bond acceptors (Lipinski definition) is 1. The summed E-state index contributed by atoms with van der Waals surface area (Å²) in [5.41, 5.74) is 3.28. The van der Waals surface area contributed by atoms with E-state index >= 15 is 0 Å². The Morgan fingerprint density at radius 1 is 1.30 bits per heavy atom. The Labute approximate surface area is 78.8 Å². The lowest BCUT2D eigenvalue weighted by molar-refractivity contribution is 0.688. The summed E-state index contributed by atoms with van der Waals surface area (Å²) in [5, 5.41) is 2.33. The largest absolute Gasteiger partial charge is 0.137 e. The van der Waals surface area contributed by atoms with Crippen molar-refractivity contribution in [3.63, 3.8) is 0 Å². The van der Waals surface area contributed by atoms with E-state index in [9.17, 15) is 0 Å². The minimum Gasteiger partial charge on any atom is -0.137 e. The topological polar surface area (TPSA) is 0 Å². The second-order valence-corrected chi connectivity index (χ2v) is 5.41. The van der Waals surface area contributed by atoms with Crippen LogP contribution in [0.3, 0.4) is 0 Å². The van der Waals surface area contributed by atoms with Gasteiger partial charge in [0, 0.05) is 0 Å². The molecular weight excluding hydrogens is 255 g/mol. The van der Waals surface area contributed by atoms with E-state index in [1.54, 1.807) is 11.1 Å². The summed E-state index contributed by atoms with van der Waals surface area (Å²) in [7, 11) is 0. The van der Waals surface area contributed by atoms with Gasteiger partial charge in [-0.1, -0.05) is 0 Å². The first-order valence-corrected chi connectivity index (χ1v) is 5.58. The van der Waals surface area contributed by atoms with Crippen molar-refractivity contribution in [1.82, 2.24) is 0 Å². The number of halogens is 1. The molecule has 10 heavy (non-hydrogen) atoms. The van der Waals surface area contributed by atoms with E-state index in [1.165, 1.54) is 28.6 Å². The smallest absolute Gasteiger partial charge is 0.0688 e. The van der Waals surface area contributed by atoms with Gasteiger partial charge in [0.15, 0.2) is 0 Å². The Morgan fingerprint density at radius 2 is 2.10 bits per heavy atom. The maximum Gasteiger partial charge on any atom is 0.0688 e. The molecule has 1 aliphatic carbocycles. The third-order valence-electron chi connectivity index (χ3n) is 2.05. The molecule has 1 aromatic rings. The van der Waals surface area contributed by atoms with E-state index in [1.807, 2.05) is 11.3 Å². The fourth-order valence-electron chi connectivity index (χ4n) is 1.48. The number of aryl methyl sites for hydroxylation is 1. The Hall–Kier alpha value is 0.430. The van der Waals surface area contributed by atoms with Gasteiger partial charge in [-0.2, -0.15) is 0 Å². The van der Waals surface area contributed by atoms with Gasteiger partial charge in [0.2, 0.25) is 0 Å².